The van der Waals surface area contributed by atoms with Crippen molar-refractivity contribution in [3.8, 4) is 11.5 Å². The summed E-state index contributed by atoms with van der Waals surface area (Å²) in [6, 6.07) is 9.44. The molecule has 0 aliphatic heterocycles. The van der Waals surface area contributed by atoms with E-state index in [0.29, 0.717) is 17.2 Å². The van der Waals surface area contributed by atoms with Gasteiger partial charge in [-0.25, -0.2) is 4.98 Å². The van der Waals surface area contributed by atoms with Crippen LogP contribution >= 0.6 is 0 Å². The molecule has 0 saturated carbocycles. The van der Waals surface area contributed by atoms with Crippen LogP contribution in [0.15, 0.2) is 30.3 Å². The second-order valence-electron chi connectivity index (χ2n) is 3.35. The number of fused-ring (bicyclic) bond motifs is 1. The Morgan fingerprint density at radius 3 is 2.88 bits per heavy atom. The molecule has 0 atom stereocenters. The molecule has 0 unspecified atom stereocenters. The lowest BCUT2D eigenvalue weighted by atomic mass is 10.2. The van der Waals surface area contributed by atoms with Gasteiger partial charge in [-0.1, -0.05) is 18.2 Å². The van der Waals surface area contributed by atoms with Crippen molar-refractivity contribution < 1.29 is 0 Å². The highest BCUT2D eigenvalue weighted by Crippen LogP contribution is 2.21. The van der Waals surface area contributed by atoms with Crippen molar-refractivity contribution in [2.45, 2.75) is 0 Å². The van der Waals surface area contributed by atoms with E-state index in [0.717, 1.165) is 10.9 Å². The van der Waals surface area contributed by atoms with Crippen LogP contribution in [0.3, 0.4) is 0 Å². The molecule has 0 aliphatic rings. The fraction of sp³-hybridized carbons (Fsp3) is 0. The van der Waals surface area contributed by atoms with Gasteiger partial charge < -0.3 is 5.73 Å². The zero-order valence-electron chi connectivity index (χ0n) is 8.25. The smallest absolute Gasteiger partial charge is 0.222 e. The summed E-state index contributed by atoms with van der Waals surface area (Å²) in [6.45, 7) is 0. The molecule has 78 valence electrons. The number of aromatic nitrogens is 5. The molecule has 1 aromatic carbocycles. The highest BCUT2D eigenvalue weighted by molar-refractivity contribution is 5.90. The lowest BCUT2D eigenvalue weighted by Crippen LogP contribution is -1.92. The summed E-state index contributed by atoms with van der Waals surface area (Å²) >= 11 is 0. The topological polar surface area (TPSA) is 93.4 Å². The number of aromatic amines is 1. The van der Waals surface area contributed by atoms with Crippen molar-refractivity contribution in [3.63, 3.8) is 0 Å². The van der Waals surface area contributed by atoms with Crippen molar-refractivity contribution in [2.75, 3.05) is 5.73 Å². The minimum Gasteiger partial charge on any atom is -0.397 e. The van der Waals surface area contributed by atoms with E-state index in [-0.39, 0.29) is 0 Å². The van der Waals surface area contributed by atoms with Crippen molar-refractivity contribution in [1.82, 2.24) is 25.6 Å². The van der Waals surface area contributed by atoms with E-state index >= 15 is 0 Å². The fourth-order valence-corrected chi connectivity index (χ4v) is 1.56. The highest BCUT2D eigenvalue weighted by atomic mass is 15.5. The molecule has 0 fully saturated rings. The van der Waals surface area contributed by atoms with Crippen molar-refractivity contribution in [1.29, 1.82) is 0 Å². The van der Waals surface area contributed by atoms with Crippen LogP contribution in [0.2, 0.25) is 0 Å². The number of para-hydroxylation sites is 1. The average molecular weight is 212 g/mol. The minimum absolute atomic E-state index is 0.463. The Bertz CT molecular complexity index is 631. The van der Waals surface area contributed by atoms with Gasteiger partial charge in [-0.2, -0.15) is 5.21 Å². The number of nitrogens with one attached hydrogen (secondary N) is 1. The van der Waals surface area contributed by atoms with Crippen LogP contribution in [0.25, 0.3) is 22.4 Å². The number of hydrogen-bond acceptors (Lipinski definition) is 5. The molecular formula is C10H8N6. The van der Waals surface area contributed by atoms with Gasteiger partial charge in [0.25, 0.3) is 0 Å². The molecule has 3 rings (SSSR count). The Morgan fingerprint density at radius 1 is 1.12 bits per heavy atom. The Hall–Kier alpha value is -2.50. The number of nitrogens with zero attached hydrogens (tertiary/aromatic N) is 4. The van der Waals surface area contributed by atoms with Crippen LogP contribution in [-0.2, 0) is 0 Å². The molecular weight excluding hydrogens is 204 g/mol. The van der Waals surface area contributed by atoms with Crippen molar-refractivity contribution in [3.05, 3.63) is 30.3 Å². The summed E-state index contributed by atoms with van der Waals surface area (Å²) in [6.07, 6.45) is 0. The maximum Gasteiger partial charge on any atom is 0.222 e. The first-order chi connectivity index (χ1) is 7.84. The molecule has 0 spiro atoms. The van der Waals surface area contributed by atoms with Gasteiger partial charge in [-0.3, -0.25) is 0 Å². The molecule has 2 heterocycles. The molecule has 2 aromatic heterocycles. The van der Waals surface area contributed by atoms with Crippen LogP contribution in [0.1, 0.15) is 0 Å². The van der Waals surface area contributed by atoms with Gasteiger partial charge in [0.15, 0.2) is 0 Å². The third-order valence-corrected chi connectivity index (χ3v) is 2.33. The summed E-state index contributed by atoms with van der Waals surface area (Å²) < 4.78 is 0. The number of rotatable bonds is 1. The summed E-state index contributed by atoms with van der Waals surface area (Å²) in [5.74, 6) is 0.463. The number of hydrogen-bond donors (Lipinski definition) is 2. The summed E-state index contributed by atoms with van der Waals surface area (Å²) in [5.41, 5.74) is 7.90. The molecule has 0 saturated heterocycles. The SMILES string of the molecule is Nc1cccc2ccc(-c3nn[nH]n3)nc12. The minimum atomic E-state index is 0.463. The monoisotopic (exact) mass is 212 g/mol. The lowest BCUT2D eigenvalue weighted by molar-refractivity contribution is 0.881. The van der Waals surface area contributed by atoms with Crippen LogP contribution < -0.4 is 5.73 Å². The Balaban J connectivity index is 2.27. The zero-order chi connectivity index (χ0) is 11.0. The quantitative estimate of drug-likeness (QED) is 0.587. The predicted octanol–water partition coefficient (Wildman–Crippen LogP) is 0.997. The Labute approximate surface area is 90.5 Å². The molecule has 0 radical (unpaired) electrons. The van der Waals surface area contributed by atoms with E-state index < -0.39 is 0 Å². The fourth-order valence-electron chi connectivity index (χ4n) is 1.56. The van der Waals surface area contributed by atoms with E-state index in [1.54, 1.807) is 0 Å². The van der Waals surface area contributed by atoms with Crippen LogP contribution in [0, 0.1) is 0 Å². The van der Waals surface area contributed by atoms with Gasteiger partial charge in [0.2, 0.25) is 5.82 Å². The van der Waals surface area contributed by atoms with E-state index in [1.807, 2.05) is 30.3 Å². The number of tetrazole rings is 1. The molecule has 0 aliphatic carbocycles. The second kappa shape index (κ2) is 3.27. The maximum atomic E-state index is 5.85. The van der Waals surface area contributed by atoms with Gasteiger partial charge in [0.1, 0.15) is 5.69 Å². The Morgan fingerprint density at radius 2 is 2.06 bits per heavy atom. The number of pyridine rings is 1. The van der Waals surface area contributed by atoms with Crippen molar-refractivity contribution in [2.24, 2.45) is 0 Å². The summed E-state index contributed by atoms with van der Waals surface area (Å²) in [4.78, 5) is 4.41. The molecule has 0 amide bonds. The highest BCUT2D eigenvalue weighted by Gasteiger charge is 2.06. The van der Waals surface area contributed by atoms with Crippen LogP contribution in [-0.4, -0.2) is 25.6 Å². The van der Waals surface area contributed by atoms with Gasteiger partial charge in [-0.05, 0) is 17.3 Å². The molecule has 3 N–H and O–H groups in total. The van der Waals surface area contributed by atoms with Gasteiger partial charge >= 0.3 is 0 Å². The second-order valence-corrected chi connectivity index (χ2v) is 3.35. The Kier molecular flexibility index (Phi) is 1.79. The first kappa shape index (κ1) is 8.78. The predicted molar refractivity (Wildman–Crippen MR) is 59.3 cm³/mol. The maximum absolute atomic E-state index is 5.85. The summed E-state index contributed by atoms with van der Waals surface area (Å²) in [5, 5.41) is 14.6. The van der Waals surface area contributed by atoms with Crippen molar-refractivity contribution >= 4 is 16.6 Å². The number of H-pyrrole nitrogens is 1. The largest absolute Gasteiger partial charge is 0.397 e. The third kappa shape index (κ3) is 1.28. The van der Waals surface area contributed by atoms with E-state index in [9.17, 15) is 0 Å². The number of benzene rings is 1. The third-order valence-electron chi connectivity index (χ3n) is 2.33. The van der Waals surface area contributed by atoms with Gasteiger partial charge in [0.05, 0.1) is 11.2 Å². The van der Waals surface area contributed by atoms with E-state index in [2.05, 4.69) is 25.6 Å². The molecule has 6 heteroatoms. The first-order valence-corrected chi connectivity index (χ1v) is 4.74. The van der Waals surface area contributed by atoms with E-state index in [4.69, 9.17) is 5.73 Å². The standard InChI is InChI=1S/C10H8N6/c11-7-3-1-2-6-4-5-8(12-9(6)7)10-13-15-16-14-10/h1-5H,11H2,(H,13,14,15,16). The zero-order valence-corrected chi connectivity index (χ0v) is 8.25. The van der Waals surface area contributed by atoms with E-state index in [1.165, 1.54) is 0 Å². The molecule has 0 bridgehead atoms. The lowest BCUT2D eigenvalue weighted by Gasteiger charge is -2.01. The normalized spacial score (nSPS) is 10.8. The molecule has 3 aromatic rings. The summed E-state index contributed by atoms with van der Waals surface area (Å²) in [7, 11) is 0. The molecule has 6 nitrogen and oxygen atoms in total. The number of nitrogens with two attached hydrogens (primary N) is 1. The van der Waals surface area contributed by atoms with Gasteiger partial charge in [-0.15, -0.1) is 10.2 Å². The van der Waals surface area contributed by atoms with Gasteiger partial charge in [0, 0.05) is 5.39 Å². The average Bonchev–Trinajstić information content (AvgIpc) is 2.83. The van der Waals surface area contributed by atoms with Crippen LogP contribution in [0.4, 0.5) is 5.69 Å². The van der Waals surface area contributed by atoms with Crippen LogP contribution in [0.5, 0.6) is 0 Å². The number of nitrogen functional groups attached to an aromatic ring is 1. The molecule has 16 heavy (non-hydrogen) atoms. The number of anilines is 1. The first-order valence-electron chi connectivity index (χ1n) is 4.74.